The zero-order valence-corrected chi connectivity index (χ0v) is 15.7. The summed E-state index contributed by atoms with van der Waals surface area (Å²) in [5.74, 6) is 2.41. The number of nitrogens with one attached hydrogen (secondary N) is 1. The number of hydrogen-bond donors (Lipinski definition) is 1. The maximum atomic E-state index is 5.98. The van der Waals surface area contributed by atoms with Crippen molar-refractivity contribution in [1.82, 2.24) is 9.97 Å². The molecule has 0 aliphatic rings. The fraction of sp³-hybridized carbons (Fsp3) is 0.474. The van der Waals surface area contributed by atoms with Crippen LogP contribution in [0.15, 0.2) is 24.5 Å². The average Bonchev–Trinajstić information content (AvgIpc) is 2.54. The van der Waals surface area contributed by atoms with Gasteiger partial charge >= 0.3 is 0 Å². The van der Waals surface area contributed by atoms with Crippen molar-refractivity contribution in [3.05, 3.63) is 46.4 Å². The summed E-state index contributed by atoms with van der Waals surface area (Å²) in [6, 6.07) is 6.45. The third-order valence-corrected chi connectivity index (χ3v) is 4.31. The number of nitrogens with zero attached hydrogens (tertiary/aromatic N) is 2. The predicted octanol–water partition coefficient (Wildman–Crippen LogP) is 4.83. The second-order valence-electron chi connectivity index (χ2n) is 6.45. The number of rotatable bonds is 8. The van der Waals surface area contributed by atoms with Crippen molar-refractivity contribution >= 4 is 17.4 Å². The van der Waals surface area contributed by atoms with Crippen LogP contribution in [0.5, 0.6) is 5.75 Å². The minimum Gasteiger partial charge on any atom is -0.491 e. The minimum absolute atomic E-state index is 0.473. The van der Waals surface area contributed by atoms with Gasteiger partial charge in [0.05, 0.1) is 6.54 Å². The molecule has 5 heteroatoms. The topological polar surface area (TPSA) is 47.0 Å². The Morgan fingerprint density at radius 1 is 1.21 bits per heavy atom. The van der Waals surface area contributed by atoms with Crippen molar-refractivity contribution < 1.29 is 4.74 Å². The Morgan fingerprint density at radius 3 is 2.71 bits per heavy atom. The lowest BCUT2D eigenvalue weighted by atomic mass is 10.0. The summed E-state index contributed by atoms with van der Waals surface area (Å²) >= 11 is 5.98. The normalized spacial score (nSPS) is 10.9. The third-order valence-electron chi connectivity index (χ3n) is 3.92. The van der Waals surface area contributed by atoms with Crippen molar-refractivity contribution in [2.75, 3.05) is 18.5 Å². The maximum Gasteiger partial charge on any atom is 0.137 e. The first-order valence-electron chi connectivity index (χ1n) is 8.40. The smallest absolute Gasteiger partial charge is 0.137 e. The van der Waals surface area contributed by atoms with Crippen molar-refractivity contribution in [1.29, 1.82) is 0 Å². The van der Waals surface area contributed by atoms with Crippen LogP contribution in [0.1, 0.15) is 37.0 Å². The fourth-order valence-electron chi connectivity index (χ4n) is 2.42. The molecule has 0 unspecified atom stereocenters. The van der Waals surface area contributed by atoms with E-state index in [4.69, 9.17) is 16.3 Å². The number of aryl methyl sites for hydroxylation is 2. The van der Waals surface area contributed by atoms with E-state index in [2.05, 4.69) is 54.3 Å². The molecule has 0 fully saturated rings. The zero-order chi connectivity index (χ0) is 17.5. The molecule has 0 spiro atoms. The van der Waals surface area contributed by atoms with Crippen LogP contribution in [0.25, 0.3) is 0 Å². The molecule has 24 heavy (non-hydrogen) atoms. The molecular weight excluding hydrogens is 322 g/mol. The van der Waals surface area contributed by atoms with Gasteiger partial charge in [0.2, 0.25) is 0 Å². The molecule has 0 aliphatic heterocycles. The predicted molar refractivity (Wildman–Crippen MR) is 100 cm³/mol. The average molecular weight is 348 g/mol. The molecule has 1 heterocycles. The standard InChI is InChI=1S/C19H26ClN3O/c1-13(2)5-6-16-7-8-17(14(3)11-16)24-10-9-21-19-15(4)18(20)22-12-23-19/h7-8,11-13H,5-6,9-10H2,1-4H3,(H,21,22,23). The van der Waals surface area contributed by atoms with Crippen LogP contribution in [-0.2, 0) is 6.42 Å². The van der Waals surface area contributed by atoms with E-state index < -0.39 is 0 Å². The molecule has 4 nitrogen and oxygen atoms in total. The summed E-state index contributed by atoms with van der Waals surface area (Å²) in [6.45, 7) is 9.71. The van der Waals surface area contributed by atoms with Crippen LogP contribution in [-0.4, -0.2) is 23.1 Å². The summed E-state index contributed by atoms with van der Waals surface area (Å²) in [5.41, 5.74) is 3.40. The monoisotopic (exact) mass is 347 g/mol. The van der Waals surface area contributed by atoms with Gasteiger partial charge in [-0.05, 0) is 49.8 Å². The Kier molecular flexibility index (Phi) is 6.85. The highest BCUT2D eigenvalue weighted by molar-refractivity contribution is 6.30. The van der Waals surface area contributed by atoms with E-state index in [-0.39, 0.29) is 0 Å². The van der Waals surface area contributed by atoms with Crippen LogP contribution >= 0.6 is 11.6 Å². The second-order valence-corrected chi connectivity index (χ2v) is 6.80. The molecule has 0 radical (unpaired) electrons. The molecule has 130 valence electrons. The molecule has 1 aromatic heterocycles. The van der Waals surface area contributed by atoms with Gasteiger partial charge < -0.3 is 10.1 Å². The number of hydrogen-bond acceptors (Lipinski definition) is 4. The van der Waals surface area contributed by atoms with Gasteiger partial charge in [-0.3, -0.25) is 0 Å². The summed E-state index contributed by atoms with van der Waals surface area (Å²) in [5, 5.41) is 3.70. The van der Waals surface area contributed by atoms with Gasteiger partial charge in [-0.2, -0.15) is 0 Å². The van der Waals surface area contributed by atoms with E-state index in [1.807, 2.05) is 6.92 Å². The van der Waals surface area contributed by atoms with Gasteiger partial charge in [0.15, 0.2) is 0 Å². The largest absolute Gasteiger partial charge is 0.491 e. The van der Waals surface area contributed by atoms with Gasteiger partial charge in [-0.25, -0.2) is 9.97 Å². The Bertz CT molecular complexity index is 674. The molecule has 1 N–H and O–H groups in total. The molecule has 0 saturated heterocycles. The lowest BCUT2D eigenvalue weighted by Crippen LogP contribution is -2.14. The number of halogens is 1. The van der Waals surface area contributed by atoms with E-state index >= 15 is 0 Å². The highest BCUT2D eigenvalue weighted by Gasteiger charge is 2.05. The second kappa shape index (κ2) is 8.88. The molecule has 0 aliphatic carbocycles. The van der Waals surface area contributed by atoms with E-state index in [1.54, 1.807) is 0 Å². The number of aromatic nitrogens is 2. The first kappa shape index (κ1) is 18.5. The zero-order valence-electron chi connectivity index (χ0n) is 14.9. The lowest BCUT2D eigenvalue weighted by Gasteiger charge is -2.13. The maximum absolute atomic E-state index is 5.98. The van der Waals surface area contributed by atoms with Crippen LogP contribution in [0.2, 0.25) is 5.15 Å². The van der Waals surface area contributed by atoms with Gasteiger partial charge in [-0.1, -0.05) is 37.6 Å². The molecule has 2 rings (SSSR count). The van der Waals surface area contributed by atoms with E-state index in [9.17, 15) is 0 Å². The summed E-state index contributed by atoms with van der Waals surface area (Å²) in [4.78, 5) is 8.13. The van der Waals surface area contributed by atoms with Crippen LogP contribution in [0, 0.1) is 19.8 Å². The highest BCUT2D eigenvalue weighted by atomic mass is 35.5. The molecule has 0 amide bonds. The van der Waals surface area contributed by atoms with Gasteiger partial charge in [0.25, 0.3) is 0 Å². The van der Waals surface area contributed by atoms with E-state index in [0.717, 1.165) is 29.5 Å². The molecule has 0 bridgehead atoms. The van der Waals surface area contributed by atoms with Gasteiger partial charge in [0.1, 0.15) is 29.7 Å². The summed E-state index contributed by atoms with van der Waals surface area (Å²) in [6.07, 6.45) is 3.79. The first-order chi connectivity index (χ1) is 11.5. The number of benzene rings is 1. The van der Waals surface area contributed by atoms with Crippen LogP contribution < -0.4 is 10.1 Å². The Balaban J connectivity index is 1.83. The van der Waals surface area contributed by atoms with Crippen LogP contribution in [0.4, 0.5) is 5.82 Å². The summed E-state index contributed by atoms with van der Waals surface area (Å²) < 4.78 is 5.87. The first-order valence-corrected chi connectivity index (χ1v) is 8.78. The minimum atomic E-state index is 0.473. The Hall–Kier alpha value is -1.81. The molecule has 0 atom stereocenters. The number of anilines is 1. The van der Waals surface area contributed by atoms with Crippen molar-refractivity contribution in [2.24, 2.45) is 5.92 Å². The summed E-state index contributed by atoms with van der Waals surface area (Å²) in [7, 11) is 0. The Morgan fingerprint density at radius 2 is 2.00 bits per heavy atom. The molecule has 1 aromatic carbocycles. The van der Waals surface area contributed by atoms with Crippen molar-refractivity contribution in [3.63, 3.8) is 0 Å². The number of ether oxygens (including phenoxy) is 1. The van der Waals surface area contributed by atoms with E-state index in [0.29, 0.717) is 18.3 Å². The fourth-order valence-corrected chi connectivity index (χ4v) is 2.55. The lowest BCUT2D eigenvalue weighted by molar-refractivity contribution is 0.330. The quantitative estimate of drug-likeness (QED) is 0.549. The van der Waals surface area contributed by atoms with Gasteiger partial charge in [0, 0.05) is 5.56 Å². The highest BCUT2D eigenvalue weighted by Crippen LogP contribution is 2.21. The Labute approximate surface area is 149 Å². The van der Waals surface area contributed by atoms with Crippen molar-refractivity contribution in [2.45, 2.75) is 40.5 Å². The van der Waals surface area contributed by atoms with Crippen molar-refractivity contribution in [3.8, 4) is 5.75 Å². The molecule has 2 aromatic rings. The van der Waals surface area contributed by atoms with Gasteiger partial charge in [-0.15, -0.1) is 0 Å². The third kappa shape index (κ3) is 5.38. The molecule has 0 saturated carbocycles. The van der Waals surface area contributed by atoms with Crippen LogP contribution in [0.3, 0.4) is 0 Å². The van der Waals surface area contributed by atoms with E-state index in [1.165, 1.54) is 23.9 Å². The molecular formula is C19H26ClN3O. The SMILES string of the molecule is Cc1cc(CCC(C)C)ccc1OCCNc1ncnc(Cl)c1C.